The first kappa shape index (κ1) is 24.7. The maximum Gasteiger partial charge on any atom is 0.271 e. The first-order chi connectivity index (χ1) is 18.5. The van der Waals surface area contributed by atoms with E-state index in [9.17, 15) is 4.79 Å². The van der Waals surface area contributed by atoms with Gasteiger partial charge in [-0.1, -0.05) is 47.7 Å². The molecule has 2 aliphatic rings. The summed E-state index contributed by atoms with van der Waals surface area (Å²) < 4.78 is 19.6. The van der Waals surface area contributed by atoms with Gasteiger partial charge in [0, 0.05) is 17.2 Å². The van der Waals surface area contributed by atoms with Crippen LogP contribution in [0.1, 0.15) is 34.7 Å². The SMILES string of the molecule is COc1ccc([C@@H]2C3=C(N=c4s/c(=C/c5cc(Br)c(OC)cc5OC)c(=O)n42)c2ccccc2CC3)cc1. The van der Waals surface area contributed by atoms with Crippen molar-refractivity contribution >= 4 is 39.0 Å². The van der Waals surface area contributed by atoms with Crippen LogP contribution in [0.4, 0.5) is 0 Å². The van der Waals surface area contributed by atoms with E-state index in [4.69, 9.17) is 19.2 Å². The van der Waals surface area contributed by atoms with Gasteiger partial charge in [0.05, 0.1) is 42.1 Å². The highest BCUT2D eigenvalue weighted by atomic mass is 79.9. The summed E-state index contributed by atoms with van der Waals surface area (Å²) >= 11 is 4.95. The smallest absolute Gasteiger partial charge is 0.271 e. The molecule has 0 unspecified atom stereocenters. The summed E-state index contributed by atoms with van der Waals surface area (Å²) in [4.78, 5) is 19.8. The zero-order valence-electron chi connectivity index (χ0n) is 21.2. The van der Waals surface area contributed by atoms with Gasteiger partial charge in [-0.05, 0) is 69.7 Å². The standard InChI is InChI=1S/C30H25BrN2O4S/c1-35-20-11-8-18(9-12-20)28-22-13-10-17-6-4-5-7-21(17)27(22)32-30-33(28)29(34)26(38-30)15-19-14-23(31)25(37-3)16-24(19)36-2/h4-9,11-12,14-16,28H,10,13H2,1-3H3/b26-15+/t28-/m1/s1. The van der Waals surface area contributed by atoms with Gasteiger partial charge >= 0.3 is 0 Å². The molecular weight excluding hydrogens is 564 g/mol. The summed E-state index contributed by atoms with van der Waals surface area (Å²) in [6.45, 7) is 0. The van der Waals surface area contributed by atoms with Crippen LogP contribution in [0.3, 0.4) is 0 Å². The molecule has 2 heterocycles. The highest BCUT2D eigenvalue weighted by Crippen LogP contribution is 2.41. The number of rotatable bonds is 5. The second kappa shape index (κ2) is 9.93. The molecule has 1 aliphatic carbocycles. The van der Waals surface area contributed by atoms with Gasteiger partial charge in [0.1, 0.15) is 17.2 Å². The molecular formula is C30H25BrN2O4S. The van der Waals surface area contributed by atoms with Gasteiger partial charge in [-0.3, -0.25) is 9.36 Å². The van der Waals surface area contributed by atoms with E-state index in [1.807, 2.05) is 47.0 Å². The first-order valence-electron chi connectivity index (χ1n) is 12.2. The van der Waals surface area contributed by atoms with E-state index in [2.05, 4.69) is 40.2 Å². The molecule has 0 bridgehead atoms. The Morgan fingerprint density at radius 3 is 2.47 bits per heavy atom. The lowest BCUT2D eigenvalue weighted by Crippen LogP contribution is -2.38. The molecule has 6 nitrogen and oxygen atoms in total. The lowest BCUT2D eigenvalue weighted by atomic mass is 9.83. The Morgan fingerprint density at radius 1 is 0.974 bits per heavy atom. The second-order valence-corrected chi connectivity index (χ2v) is 11.0. The average molecular weight is 590 g/mol. The summed E-state index contributed by atoms with van der Waals surface area (Å²) in [7, 11) is 4.87. The van der Waals surface area contributed by atoms with Gasteiger partial charge in [-0.25, -0.2) is 4.99 Å². The number of benzene rings is 3. The molecule has 1 aliphatic heterocycles. The van der Waals surface area contributed by atoms with Crippen LogP contribution in [0.2, 0.25) is 0 Å². The number of halogens is 1. The molecule has 0 spiro atoms. The topological polar surface area (TPSA) is 62.0 Å². The third-order valence-electron chi connectivity index (χ3n) is 7.10. The molecule has 1 aromatic heterocycles. The second-order valence-electron chi connectivity index (χ2n) is 9.12. The fourth-order valence-corrected chi connectivity index (χ4v) is 6.76. The van der Waals surface area contributed by atoms with E-state index in [1.54, 1.807) is 21.3 Å². The summed E-state index contributed by atoms with van der Waals surface area (Å²) in [6, 6.07) is 19.9. The third kappa shape index (κ3) is 4.08. The number of aryl methyl sites for hydroxylation is 1. The molecule has 0 N–H and O–H groups in total. The van der Waals surface area contributed by atoms with Crippen LogP contribution in [0.5, 0.6) is 17.2 Å². The van der Waals surface area contributed by atoms with Crippen molar-refractivity contribution in [3.8, 4) is 17.2 Å². The normalized spacial score (nSPS) is 16.3. The van der Waals surface area contributed by atoms with Crippen molar-refractivity contribution in [2.75, 3.05) is 21.3 Å². The zero-order valence-corrected chi connectivity index (χ0v) is 23.6. The van der Waals surface area contributed by atoms with Gasteiger partial charge in [0.2, 0.25) is 0 Å². The minimum atomic E-state index is -0.243. The lowest BCUT2D eigenvalue weighted by Gasteiger charge is -2.30. The average Bonchev–Trinajstić information content (AvgIpc) is 3.26. The van der Waals surface area contributed by atoms with Crippen LogP contribution >= 0.6 is 27.3 Å². The largest absolute Gasteiger partial charge is 0.497 e. The number of allylic oxidation sites excluding steroid dienone is 1. The molecule has 0 amide bonds. The Morgan fingerprint density at radius 2 is 1.74 bits per heavy atom. The molecule has 192 valence electrons. The fourth-order valence-electron chi connectivity index (χ4n) is 5.25. The minimum Gasteiger partial charge on any atom is -0.497 e. The van der Waals surface area contributed by atoms with Crippen molar-refractivity contribution in [1.29, 1.82) is 0 Å². The molecule has 0 saturated carbocycles. The molecule has 0 saturated heterocycles. The van der Waals surface area contributed by atoms with Crippen molar-refractivity contribution in [3.63, 3.8) is 0 Å². The van der Waals surface area contributed by atoms with Crippen LogP contribution in [0, 0.1) is 0 Å². The Balaban J connectivity index is 1.60. The van der Waals surface area contributed by atoms with Crippen molar-refractivity contribution in [2.24, 2.45) is 4.99 Å². The molecule has 4 aromatic rings. The van der Waals surface area contributed by atoms with Crippen molar-refractivity contribution in [2.45, 2.75) is 18.9 Å². The number of hydrogen-bond donors (Lipinski definition) is 0. The van der Waals surface area contributed by atoms with Crippen LogP contribution in [-0.4, -0.2) is 25.9 Å². The Hall–Kier alpha value is -3.62. The third-order valence-corrected chi connectivity index (χ3v) is 8.70. The Kier molecular flexibility index (Phi) is 6.45. The van der Waals surface area contributed by atoms with Gasteiger partial charge in [-0.15, -0.1) is 0 Å². The van der Waals surface area contributed by atoms with Gasteiger partial charge in [0.25, 0.3) is 5.56 Å². The summed E-state index contributed by atoms with van der Waals surface area (Å²) in [5.74, 6) is 2.06. The predicted octanol–water partition coefficient (Wildman–Crippen LogP) is 5.11. The van der Waals surface area contributed by atoms with Crippen molar-refractivity contribution in [3.05, 3.63) is 113 Å². The number of ether oxygens (including phenoxy) is 3. The quantitative estimate of drug-likeness (QED) is 0.325. The van der Waals surface area contributed by atoms with Crippen LogP contribution < -0.4 is 29.1 Å². The first-order valence-corrected chi connectivity index (χ1v) is 13.8. The molecule has 38 heavy (non-hydrogen) atoms. The van der Waals surface area contributed by atoms with E-state index < -0.39 is 0 Å². The molecule has 8 heteroatoms. The van der Waals surface area contributed by atoms with E-state index in [0.717, 1.165) is 51.0 Å². The summed E-state index contributed by atoms with van der Waals surface area (Å²) in [6.07, 6.45) is 3.63. The molecule has 1 atom stereocenters. The molecule has 3 aromatic carbocycles. The monoisotopic (exact) mass is 588 g/mol. The molecule has 6 rings (SSSR count). The van der Waals surface area contributed by atoms with Gasteiger partial charge < -0.3 is 14.2 Å². The number of thiazole rings is 1. The number of fused-ring (bicyclic) bond motifs is 3. The van der Waals surface area contributed by atoms with Crippen LogP contribution in [-0.2, 0) is 6.42 Å². The van der Waals surface area contributed by atoms with Gasteiger partial charge in [0.15, 0.2) is 4.80 Å². The van der Waals surface area contributed by atoms with Crippen LogP contribution in [0.15, 0.2) is 80.5 Å². The highest BCUT2D eigenvalue weighted by molar-refractivity contribution is 9.10. The molecule has 0 fully saturated rings. The Bertz CT molecular complexity index is 1770. The minimum absolute atomic E-state index is 0.0750. The van der Waals surface area contributed by atoms with Crippen molar-refractivity contribution in [1.82, 2.24) is 4.57 Å². The predicted molar refractivity (Wildman–Crippen MR) is 153 cm³/mol. The fraction of sp³-hybridized carbons (Fsp3) is 0.200. The van der Waals surface area contributed by atoms with E-state index >= 15 is 0 Å². The number of hydrogen-bond acceptors (Lipinski definition) is 6. The lowest BCUT2D eigenvalue weighted by molar-refractivity contribution is 0.392. The number of methoxy groups -OCH3 is 3. The van der Waals surface area contributed by atoms with E-state index in [-0.39, 0.29) is 11.6 Å². The van der Waals surface area contributed by atoms with Crippen molar-refractivity contribution < 1.29 is 14.2 Å². The molecule has 0 radical (unpaired) electrons. The number of nitrogens with zero attached hydrogens (tertiary/aromatic N) is 2. The van der Waals surface area contributed by atoms with E-state index in [1.165, 1.54) is 16.9 Å². The highest BCUT2D eigenvalue weighted by Gasteiger charge is 2.32. The zero-order chi connectivity index (χ0) is 26.4. The Labute approximate surface area is 232 Å². The van der Waals surface area contributed by atoms with E-state index in [0.29, 0.717) is 20.8 Å². The summed E-state index contributed by atoms with van der Waals surface area (Å²) in [5.41, 5.74) is 6.31. The van der Waals surface area contributed by atoms with Gasteiger partial charge in [-0.2, -0.15) is 0 Å². The number of aromatic nitrogens is 1. The summed E-state index contributed by atoms with van der Waals surface area (Å²) in [5, 5.41) is 0. The maximum absolute atomic E-state index is 14.0. The van der Waals surface area contributed by atoms with Crippen LogP contribution in [0.25, 0.3) is 11.8 Å². The maximum atomic E-state index is 14.0.